The van der Waals surface area contributed by atoms with Crippen molar-refractivity contribution >= 4 is 10.0 Å². The van der Waals surface area contributed by atoms with Crippen LogP contribution in [0.15, 0.2) is 0 Å². The molecule has 4 atom stereocenters. The van der Waals surface area contributed by atoms with Gasteiger partial charge in [0.05, 0.1) is 5.75 Å². The monoisotopic (exact) mass is 243 g/mol. The molecule has 0 aromatic heterocycles. The van der Waals surface area contributed by atoms with Crippen molar-refractivity contribution in [3.05, 3.63) is 0 Å². The van der Waals surface area contributed by atoms with E-state index in [0.717, 1.165) is 12.3 Å². The Morgan fingerprint density at radius 2 is 1.62 bits per heavy atom. The molecule has 3 nitrogen and oxygen atoms in total. The first-order chi connectivity index (χ1) is 7.66. The molecule has 4 unspecified atom stereocenters. The van der Waals surface area contributed by atoms with Crippen molar-refractivity contribution in [2.24, 2.45) is 17.8 Å². The molecule has 1 N–H and O–H groups in total. The van der Waals surface area contributed by atoms with Crippen LogP contribution in [0.5, 0.6) is 0 Å². The van der Waals surface area contributed by atoms with Crippen LogP contribution in [-0.2, 0) is 10.0 Å². The summed E-state index contributed by atoms with van der Waals surface area (Å²) >= 11 is 0. The van der Waals surface area contributed by atoms with Gasteiger partial charge in [0.25, 0.3) is 0 Å². The second-order valence-corrected chi connectivity index (χ2v) is 7.62. The Morgan fingerprint density at radius 3 is 2.50 bits per heavy atom. The molecule has 1 saturated heterocycles. The second-order valence-electron chi connectivity index (χ2n) is 5.82. The maximum Gasteiger partial charge on any atom is 0.212 e. The fraction of sp³-hybridized carbons (Fsp3) is 1.00. The van der Waals surface area contributed by atoms with Crippen LogP contribution in [0, 0.1) is 17.8 Å². The topological polar surface area (TPSA) is 46.2 Å². The highest BCUT2D eigenvalue weighted by atomic mass is 32.2. The molecule has 2 aliphatic carbocycles. The van der Waals surface area contributed by atoms with Crippen LogP contribution in [0.3, 0.4) is 0 Å². The summed E-state index contributed by atoms with van der Waals surface area (Å²) in [4.78, 5) is 0. The second kappa shape index (κ2) is 3.98. The van der Waals surface area contributed by atoms with E-state index in [2.05, 4.69) is 4.72 Å². The zero-order chi connectivity index (χ0) is 11.2. The SMILES string of the molecule is O=S1(=O)CC2CCC3CCCCCC3C2N1. The summed E-state index contributed by atoms with van der Waals surface area (Å²) in [6.45, 7) is 0. The van der Waals surface area contributed by atoms with Gasteiger partial charge in [0.1, 0.15) is 0 Å². The molecule has 3 rings (SSSR count). The highest BCUT2D eigenvalue weighted by Crippen LogP contribution is 2.44. The molecule has 1 aliphatic heterocycles. The molecule has 0 radical (unpaired) electrons. The summed E-state index contributed by atoms with van der Waals surface area (Å²) in [5.41, 5.74) is 0. The van der Waals surface area contributed by atoms with Crippen molar-refractivity contribution in [2.45, 2.75) is 51.0 Å². The van der Waals surface area contributed by atoms with Crippen LogP contribution >= 0.6 is 0 Å². The van der Waals surface area contributed by atoms with Gasteiger partial charge in [-0.25, -0.2) is 13.1 Å². The van der Waals surface area contributed by atoms with Crippen molar-refractivity contribution in [3.63, 3.8) is 0 Å². The first-order valence-electron chi connectivity index (χ1n) is 6.66. The highest BCUT2D eigenvalue weighted by molar-refractivity contribution is 7.89. The lowest BCUT2D eigenvalue weighted by Gasteiger charge is -2.38. The Labute approximate surface area is 98.0 Å². The average molecular weight is 243 g/mol. The van der Waals surface area contributed by atoms with E-state index in [4.69, 9.17) is 0 Å². The van der Waals surface area contributed by atoms with Gasteiger partial charge in [0.15, 0.2) is 0 Å². The molecule has 1 heterocycles. The molecule has 92 valence electrons. The van der Waals surface area contributed by atoms with Crippen LogP contribution in [0.2, 0.25) is 0 Å². The zero-order valence-electron chi connectivity index (χ0n) is 9.69. The van der Waals surface area contributed by atoms with Crippen molar-refractivity contribution in [1.82, 2.24) is 4.72 Å². The predicted octanol–water partition coefficient (Wildman–Crippen LogP) is 1.89. The van der Waals surface area contributed by atoms with E-state index in [9.17, 15) is 8.42 Å². The fourth-order valence-corrected chi connectivity index (χ4v) is 5.93. The van der Waals surface area contributed by atoms with Gasteiger partial charge in [-0.15, -0.1) is 0 Å². The molecule has 3 fully saturated rings. The first kappa shape index (κ1) is 11.0. The summed E-state index contributed by atoms with van der Waals surface area (Å²) in [6.07, 6.45) is 8.96. The molecule has 3 aliphatic rings. The minimum absolute atomic E-state index is 0.279. The number of rotatable bonds is 0. The van der Waals surface area contributed by atoms with Crippen LogP contribution in [-0.4, -0.2) is 20.2 Å². The molecule has 0 amide bonds. The Hall–Kier alpha value is -0.0900. The molecular formula is C12H21NO2S. The Morgan fingerprint density at radius 1 is 0.875 bits per heavy atom. The third kappa shape index (κ3) is 1.90. The van der Waals surface area contributed by atoms with Crippen molar-refractivity contribution in [1.29, 1.82) is 0 Å². The van der Waals surface area contributed by atoms with E-state index in [1.807, 2.05) is 0 Å². The van der Waals surface area contributed by atoms with Crippen molar-refractivity contribution in [3.8, 4) is 0 Å². The lowest BCUT2D eigenvalue weighted by molar-refractivity contribution is 0.147. The lowest BCUT2D eigenvalue weighted by Crippen LogP contribution is -2.43. The van der Waals surface area contributed by atoms with Gasteiger partial charge in [0.2, 0.25) is 10.0 Å². The predicted molar refractivity (Wildman–Crippen MR) is 63.5 cm³/mol. The van der Waals surface area contributed by atoms with Crippen molar-refractivity contribution < 1.29 is 8.42 Å². The van der Waals surface area contributed by atoms with E-state index in [1.165, 1.54) is 38.5 Å². The number of nitrogens with one attached hydrogen (secondary N) is 1. The standard InChI is InChI=1S/C12H21NO2S/c14-16(15)8-10-7-6-9-4-2-1-3-5-11(9)12(10)13-16/h9-13H,1-8H2. The van der Waals surface area contributed by atoms with Gasteiger partial charge in [-0.3, -0.25) is 0 Å². The molecule has 4 heteroatoms. The number of fused-ring (bicyclic) bond motifs is 3. The molecule has 0 spiro atoms. The smallest absolute Gasteiger partial charge is 0.212 e. The summed E-state index contributed by atoms with van der Waals surface area (Å²) in [7, 11) is -2.94. The van der Waals surface area contributed by atoms with E-state index < -0.39 is 10.0 Å². The Kier molecular flexibility index (Phi) is 2.75. The molecule has 2 saturated carbocycles. The Bertz CT molecular complexity index is 365. The van der Waals surface area contributed by atoms with Gasteiger partial charge >= 0.3 is 0 Å². The van der Waals surface area contributed by atoms with E-state index in [1.54, 1.807) is 0 Å². The zero-order valence-corrected chi connectivity index (χ0v) is 10.5. The molecule has 0 aromatic rings. The maximum absolute atomic E-state index is 11.6. The highest BCUT2D eigenvalue weighted by Gasteiger charge is 2.46. The van der Waals surface area contributed by atoms with Crippen LogP contribution < -0.4 is 4.72 Å². The molecule has 0 aromatic carbocycles. The van der Waals surface area contributed by atoms with Gasteiger partial charge in [0, 0.05) is 6.04 Å². The van der Waals surface area contributed by atoms with Crippen LogP contribution in [0.4, 0.5) is 0 Å². The van der Waals surface area contributed by atoms with E-state index >= 15 is 0 Å². The lowest BCUT2D eigenvalue weighted by atomic mass is 9.69. The molecule has 16 heavy (non-hydrogen) atoms. The number of hydrogen-bond donors (Lipinski definition) is 1. The minimum atomic E-state index is -2.94. The third-order valence-corrected chi connectivity index (χ3v) is 6.34. The fourth-order valence-electron chi connectivity index (χ4n) is 4.11. The van der Waals surface area contributed by atoms with Crippen LogP contribution in [0.25, 0.3) is 0 Å². The normalized spacial score (nSPS) is 46.8. The summed E-state index contributed by atoms with van der Waals surface area (Å²) in [5.74, 6) is 2.23. The number of hydrogen-bond acceptors (Lipinski definition) is 2. The van der Waals surface area contributed by atoms with Gasteiger partial charge in [-0.1, -0.05) is 25.7 Å². The first-order valence-corrected chi connectivity index (χ1v) is 8.31. The maximum atomic E-state index is 11.6. The summed E-state index contributed by atoms with van der Waals surface area (Å²) < 4.78 is 26.2. The quantitative estimate of drug-likeness (QED) is 0.706. The average Bonchev–Trinajstić information content (AvgIpc) is 2.44. The number of sulfonamides is 1. The Balaban J connectivity index is 1.83. The minimum Gasteiger partial charge on any atom is -0.212 e. The third-order valence-electron chi connectivity index (χ3n) is 4.84. The molecule has 0 bridgehead atoms. The van der Waals surface area contributed by atoms with E-state index in [-0.39, 0.29) is 6.04 Å². The molecular weight excluding hydrogens is 222 g/mol. The summed E-state index contributed by atoms with van der Waals surface area (Å²) in [6, 6.07) is 0.279. The summed E-state index contributed by atoms with van der Waals surface area (Å²) in [5, 5.41) is 0. The van der Waals surface area contributed by atoms with Gasteiger partial charge in [-0.2, -0.15) is 0 Å². The van der Waals surface area contributed by atoms with E-state index in [0.29, 0.717) is 17.6 Å². The largest absolute Gasteiger partial charge is 0.212 e. The van der Waals surface area contributed by atoms with Crippen molar-refractivity contribution in [2.75, 3.05) is 5.75 Å². The van der Waals surface area contributed by atoms with Gasteiger partial charge < -0.3 is 0 Å². The van der Waals surface area contributed by atoms with Gasteiger partial charge in [-0.05, 0) is 37.0 Å². The van der Waals surface area contributed by atoms with Crippen LogP contribution in [0.1, 0.15) is 44.9 Å².